The van der Waals surface area contributed by atoms with Crippen molar-refractivity contribution in [1.82, 2.24) is 9.97 Å². The first kappa shape index (κ1) is 18.2. The molecular weight excluding hydrogens is 296 g/mol. The molecule has 1 aromatic carbocycles. The van der Waals surface area contributed by atoms with Gasteiger partial charge >= 0.3 is 0 Å². The first-order chi connectivity index (χ1) is 11.4. The number of benzene rings is 1. The summed E-state index contributed by atoms with van der Waals surface area (Å²) in [4.78, 5) is 11.5. The third-order valence-corrected chi connectivity index (χ3v) is 4.24. The van der Waals surface area contributed by atoms with Gasteiger partial charge in [-0.2, -0.15) is 4.98 Å². The fraction of sp³-hybridized carbons (Fsp3) is 0.500. The lowest BCUT2D eigenvalue weighted by Crippen LogP contribution is -2.20. The van der Waals surface area contributed by atoms with E-state index in [1.807, 2.05) is 13.0 Å². The number of nitrogens with one attached hydrogen (secondary N) is 1. The zero-order chi connectivity index (χ0) is 17.7. The largest absolute Gasteiger partial charge is 0.360 e. The first-order valence-corrected chi connectivity index (χ1v) is 8.85. The van der Waals surface area contributed by atoms with Gasteiger partial charge in [0.2, 0.25) is 5.95 Å². The van der Waals surface area contributed by atoms with E-state index in [0.717, 1.165) is 30.2 Å². The van der Waals surface area contributed by atoms with Crippen molar-refractivity contribution < 1.29 is 0 Å². The first-order valence-electron chi connectivity index (χ1n) is 8.85. The number of aryl methyl sites for hydroxylation is 2. The topological polar surface area (TPSA) is 41.1 Å². The maximum Gasteiger partial charge on any atom is 0.229 e. The molecule has 0 saturated carbocycles. The molecule has 0 saturated heterocycles. The van der Waals surface area contributed by atoms with Crippen LogP contribution in [0.5, 0.6) is 0 Å². The third-order valence-electron chi connectivity index (χ3n) is 4.24. The van der Waals surface area contributed by atoms with Gasteiger partial charge in [0.1, 0.15) is 5.82 Å². The molecule has 0 fully saturated rings. The van der Waals surface area contributed by atoms with Crippen LogP contribution in [0.2, 0.25) is 0 Å². The van der Waals surface area contributed by atoms with Gasteiger partial charge in [-0.05, 0) is 37.3 Å². The highest BCUT2D eigenvalue weighted by atomic mass is 15.2. The molecule has 0 aliphatic heterocycles. The average Bonchev–Trinajstić information content (AvgIpc) is 2.53. The fourth-order valence-corrected chi connectivity index (χ4v) is 2.77. The summed E-state index contributed by atoms with van der Waals surface area (Å²) >= 11 is 0. The number of unbranched alkanes of at least 4 members (excludes halogenated alkanes) is 1. The molecule has 1 aromatic heterocycles. The van der Waals surface area contributed by atoms with Crippen molar-refractivity contribution in [1.29, 1.82) is 0 Å². The van der Waals surface area contributed by atoms with Crippen molar-refractivity contribution in [3.05, 3.63) is 41.1 Å². The Labute approximate surface area is 146 Å². The van der Waals surface area contributed by atoms with E-state index in [1.165, 1.54) is 17.5 Å². The number of hydrogen-bond donors (Lipinski definition) is 1. The van der Waals surface area contributed by atoms with E-state index in [1.54, 1.807) is 0 Å². The SMILES string of the molecule is CCCCN(C)c1cc(C)nc(Nc2c(C)cccc2C(C)C)n1. The van der Waals surface area contributed by atoms with Crippen LogP contribution >= 0.6 is 0 Å². The van der Waals surface area contributed by atoms with E-state index >= 15 is 0 Å². The van der Waals surface area contributed by atoms with Crippen molar-refractivity contribution in [2.24, 2.45) is 0 Å². The number of nitrogens with zero attached hydrogens (tertiary/aromatic N) is 3. The van der Waals surface area contributed by atoms with Gasteiger partial charge in [0.25, 0.3) is 0 Å². The van der Waals surface area contributed by atoms with Gasteiger partial charge in [0.15, 0.2) is 0 Å². The van der Waals surface area contributed by atoms with Crippen LogP contribution in [0, 0.1) is 13.8 Å². The minimum atomic E-state index is 0.448. The van der Waals surface area contributed by atoms with Crippen molar-refractivity contribution in [3.63, 3.8) is 0 Å². The molecule has 2 aromatic rings. The van der Waals surface area contributed by atoms with E-state index < -0.39 is 0 Å². The van der Waals surface area contributed by atoms with Crippen molar-refractivity contribution in [3.8, 4) is 0 Å². The van der Waals surface area contributed by atoms with Crippen LogP contribution in [0.4, 0.5) is 17.5 Å². The van der Waals surface area contributed by atoms with Gasteiger partial charge in [0.05, 0.1) is 0 Å². The molecule has 0 radical (unpaired) electrons. The molecule has 4 heteroatoms. The predicted molar refractivity (Wildman–Crippen MR) is 103 cm³/mol. The van der Waals surface area contributed by atoms with Crippen LogP contribution in [0.1, 0.15) is 56.4 Å². The molecule has 0 spiro atoms. The summed E-state index contributed by atoms with van der Waals surface area (Å²) in [7, 11) is 2.09. The molecule has 1 N–H and O–H groups in total. The average molecular weight is 326 g/mol. The molecule has 0 unspecified atom stereocenters. The lowest BCUT2D eigenvalue weighted by atomic mass is 9.98. The van der Waals surface area contributed by atoms with Crippen LogP contribution in [0.3, 0.4) is 0 Å². The van der Waals surface area contributed by atoms with Crippen LogP contribution in [-0.2, 0) is 0 Å². The smallest absolute Gasteiger partial charge is 0.229 e. The van der Waals surface area contributed by atoms with Crippen LogP contribution in [-0.4, -0.2) is 23.6 Å². The number of para-hydroxylation sites is 1. The molecule has 0 aliphatic rings. The van der Waals surface area contributed by atoms with E-state index in [-0.39, 0.29) is 0 Å². The Morgan fingerprint density at radius 2 is 1.92 bits per heavy atom. The third kappa shape index (κ3) is 4.47. The van der Waals surface area contributed by atoms with Crippen LogP contribution in [0.25, 0.3) is 0 Å². The maximum atomic E-state index is 4.73. The predicted octanol–water partition coefficient (Wildman–Crippen LogP) is 5.20. The Kier molecular flexibility index (Phi) is 6.18. The molecule has 1 heterocycles. The Balaban J connectivity index is 2.32. The standard InChI is InChI=1S/C20H30N4/c1-7-8-12-24(6)18-13-16(5)21-20(22-18)23-19-15(4)10-9-11-17(19)14(2)3/h9-11,13-14H,7-8,12H2,1-6H3,(H,21,22,23). The van der Waals surface area contributed by atoms with Gasteiger partial charge in [-0.15, -0.1) is 0 Å². The molecule has 0 aliphatic carbocycles. The summed E-state index contributed by atoms with van der Waals surface area (Å²) in [6, 6.07) is 8.45. The minimum absolute atomic E-state index is 0.448. The molecular formula is C20H30N4. The number of anilines is 3. The van der Waals surface area contributed by atoms with Crippen molar-refractivity contribution in [2.75, 3.05) is 23.8 Å². The van der Waals surface area contributed by atoms with E-state index in [0.29, 0.717) is 11.9 Å². The van der Waals surface area contributed by atoms with E-state index in [4.69, 9.17) is 4.98 Å². The van der Waals surface area contributed by atoms with Gasteiger partial charge in [-0.1, -0.05) is 45.4 Å². The summed E-state index contributed by atoms with van der Waals surface area (Å²) < 4.78 is 0. The molecule has 130 valence electrons. The van der Waals surface area contributed by atoms with Crippen LogP contribution in [0.15, 0.2) is 24.3 Å². The molecule has 4 nitrogen and oxygen atoms in total. The van der Waals surface area contributed by atoms with Gasteiger partial charge in [-0.25, -0.2) is 4.98 Å². The second-order valence-corrected chi connectivity index (χ2v) is 6.79. The zero-order valence-electron chi connectivity index (χ0n) is 15.8. The number of aromatic nitrogens is 2. The maximum absolute atomic E-state index is 4.73. The minimum Gasteiger partial charge on any atom is -0.360 e. The molecule has 2 rings (SSSR count). The Morgan fingerprint density at radius 1 is 1.17 bits per heavy atom. The van der Waals surface area contributed by atoms with Gasteiger partial charge in [0, 0.05) is 31.0 Å². The summed E-state index contributed by atoms with van der Waals surface area (Å²) in [5, 5.41) is 3.47. The fourth-order valence-electron chi connectivity index (χ4n) is 2.77. The van der Waals surface area contributed by atoms with Crippen molar-refractivity contribution in [2.45, 2.75) is 53.4 Å². The Hall–Kier alpha value is -2.10. The number of hydrogen-bond acceptors (Lipinski definition) is 4. The van der Waals surface area contributed by atoms with Gasteiger partial charge < -0.3 is 10.2 Å². The molecule has 0 atom stereocenters. The highest BCUT2D eigenvalue weighted by Gasteiger charge is 2.12. The summed E-state index contributed by atoms with van der Waals surface area (Å²) in [6.45, 7) is 11.8. The summed E-state index contributed by atoms with van der Waals surface area (Å²) in [5.74, 6) is 2.09. The second kappa shape index (κ2) is 8.13. The van der Waals surface area contributed by atoms with Crippen molar-refractivity contribution >= 4 is 17.5 Å². The zero-order valence-corrected chi connectivity index (χ0v) is 15.8. The van der Waals surface area contributed by atoms with E-state index in [9.17, 15) is 0 Å². The normalized spacial score (nSPS) is 11.0. The highest BCUT2D eigenvalue weighted by molar-refractivity contribution is 5.64. The quantitative estimate of drug-likeness (QED) is 0.759. The lowest BCUT2D eigenvalue weighted by Gasteiger charge is -2.20. The second-order valence-electron chi connectivity index (χ2n) is 6.79. The number of rotatable bonds is 7. The Morgan fingerprint density at radius 3 is 2.58 bits per heavy atom. The molecule has 0 bridgehead atoms. The van der Waals surface area contributed by atoms with Gasteiger partial charge in [-0.3, -0.25) is 0 Å². The lowest BCUT2D eigenvalue weighted by molar-refractivity contribution is 0.758. The van der Waals surface area contributed by atoms with Crippen LogP contribution < -0.4 is 10.2 Å². The molecule has 0 amide bonds. The monoisotopic (exact) mass is 326 g/mol. The highest BCUT2D eigenvalue weighted by Crippen LogP contribution is 2.29. The summed E-state index contributed by atoms with van der Waals surface area (Å²) in [5.41, 5.74) is 4.61. The molecule has 24 heavy (non-hydrogen) atoms. The summed E-state index contributed by atoms with van der Waals surface area (Å²) in [6.07, 6.45) is 2.35. The Bertz CT molecular complexity index is 679. The van der Waals surface area contributed by atoms with E-state index in [2.05, 4.69) is 68.1 Å².